The van der Waals surface area contributed by atoms with Gasteiger partial charge in [-0.05, 0) is 31.5 Å². The fraction of sp³-hybridized carbons (Fsp3) is 0.304. The molecule has 172 valence electrons. The summed E-state index contributed by atoms with van der Waals surface area (Å²) in [7, 11) is 0. The zero-order valence-corrected chi connectivity index (χ0v) is 18.2. The van der Waals surface area contributed by atoms with Crippen LogP contribution < -0.4 is 20.3 Å². The normalized spacial score (nSPS) is 14.0. The van der Waals surface area contributed by atoms with E-state index in [1.54, 1.807) is 4.90 Å². The van der Waals surface area contributed by atoms with E-state index >= 15 is 0 Å². The van der Waals surface area contributed by atoms with Gasteiger partial charge >= 0.3 is 6.03 Å². The molecular formula is C23H26N6O4. The number of aromatic nitrogens is 3. The molecule has 0 bridgehead atoms. The summed E-state index contributed by atoms with van der Waals surface area (Å²) < 4.78 is 5.24. The summed E-state index contributed by atoms with van der Waals surface area (Å²) in [4.78, 5) is 27.7. The van der Waals surface area contributed by atoms with E-state index < -0.39 is 12.7 Å². The van der Waals surface area contributed by atoms with Crippen molar-refractivity contribution in [3.05, 3.63) is 54.4 Å². The van der Waals surface area contributed by atoms with Crippen LogP contribution in [0.3, 0.4) is 0 Å². The Hall–Kier alpha value is -3.76. The van der Waals surface area contributed by atoms with Crippen LogP contribution in [0.15, 0.2) is 48.8 Å². The molecule has 2 aromatic heterocycles. The number of fused-ring (bicyclic) bond motifs is 1. The van der Waals surface area contributed by atoms with Crippen LogP contribution in [0.5, 0.6) is 5.88 Å². The minimum atomic E-state index is -1.000. The number of rotatable bonds is 6. The number of pyridine rings is 1. The predicted octanol–water partition coefficient (Wildman–Crippen LogP) is 2.43. The van der Waals surface area contributed by atoms with Crippen molar-refractivity contribution in [3.63, 3.8) is 0 Å². The first-order valence-corrected chi connectivity index (χ1v) is 10.7. The van der Waals surface area contributed by atoms with Crippen LogP contribution in [-0.4, -0.2) is 63.6 Å². The van der Waals surface area contributed by atoms with Crippen molar-refractivity contribution in [1.29, 1.82) is 0 Å². The number of carbonyl (C=O) groups excluding carboxylic acids is 1. The van der Waals surface area contributed by atoms with E-state index in [1.165, 1.54) is 12.4 Å². The molecule has 10 nitrogen and oxygen atoms in total. The number of carbonyl (C=O) groups is 1. The van der Waals surface area contributed by atoms with Crippen LogP contribution in [-0.2, 0) is 0 Å². The Bertz CT molecular complexity index is 1110. The Balaban J connectivity index is 1.52. The number of hydrogen-bond donors (Lipinski definition) is 4. The van der Waals surface area contributed by atoms with Crippen LogP contribution in [0, 0.1) is 6.92 Å². The molecule has 0 aliphatic carbocycles. The molecule has 1 aliphatic heterocycles. The van der Waals surface area contributed by atoms with Crippen molar-refractivity contribution in [1.82, 2.24) is 15.0 Å². The van der Waals surface area contributed by atoms with Crippen LogP contribution in [0.2, 0.25) is 0 Å². The fourth-order valence-electron chi connectivity index (χ4n) is 3.39. The summed E-state index contributed by atoms with van der Waals surface area (Å²) in [6.07, 6.45) is 2.47. The monoisotopic (exact) mass is 450 g/mol. The minimum absolute atomic E-state index is 0.108. The van der Waals surface area contributed by atoms with E-state index in [9.17, 15) is 9.90 Å². The molecular weight excluding hydrogens is 424 g/mol. The number of aliphatic hydroxyl groups is 2. The molecule has 2 amide bonds. The van der Waals surface area contributed by atoms with Crippen molar-refractivity contribution in [3.8, 4) is 17.1 Å². The summed E-state index contributed by atoms with van der Waals surface area (Å²) in [5.74, 6) is 0.979. The van der Waals surface area contributed by atoms with E-state index in [0.29, 0.717) is 12.4 Å². The zero-order valence-electron chi connectivity index (χ0n) is 18.2. The van der Waals surface area contributed by atoms with Gasteiger partial charge in [0.15, 0.2) is 11.6 Å². The van der Waals surface area contributed by atoms with Gasteiger partial charge in [0, 0.05) is 18.7 Å². The third-order valence-electron chi connectivity index (χ3n) is 5.06. The number of aliphatic hydroxyl groups excluding tert-OH is 2. The molecule has 10 heteroatoms. The highest BCUT2D eigenvalue weighted by Crippen LogP contribution is 2.30. The van der Waals surface area contributed by atoms with Gasteiger partial charge in [0.25, 0.3) is 0 Å². The van der Waals surface area contributed by atoms with E-state index in [-0.39, 0.29) is 24.3 Å². The molecule has 3 heterocycles. The summed E-state index contributed by atoms with van der Waals surface area (Å²) in [6.45, 7) is 2.73. The molecule has 0 saturated carbocycles. The number of hydrogen-bond acceptors (Lipinski definition) is 8. The van der Waals surface area contributed by atoms with Gasteiger partial charge in [0.1, 0.15) is 12.7 Å². The Morgan fingerprint density at radius 2 is 2.15 bits per heavy atom. The van der Waals surface area contributed by atoms with Gasteiger partial charge in [-0.25, -0.2) is 19.7 Å². The number of benzene rings is 1. The molecule has 1 aliphatic rings. The average molecular weight is 450 g/mol. The van der Waals surface area contributed by atoms with E-state index in [2.05, 4.69) is 26.7 Å². The van der Waals surface area contributed by atoms with Gasteiger partial charge in [-0.2, -0.15) is 0 Å². The lowest BCUT2D eigenvalue weighted by Crippen LogP contribution is -2.36. The van der Waals surface area contributed by atoms with Gasteiger partial charge in [0.2, 0.25) is 5.88 Å². The third-order valence-corrected chi connectivity index (χ3v) is 5.06. The van der Waals surface area contributed by atoms with Crippen LogP contribution >= 0.6 is 0 Å². The maximum Gasteiger partial charge on any atom is 0.328 e. The first-order chi connectivity index (χ1) is 16.0. The highest BCUT2D eigenvalue weighted by atomic mass is 16.5. The van der Waals surface area contributed by atoms with Crippen molar-refractivity contribution >= 4 is 23.4 Å². The molecule has 4 rings (SSSR count). The average Bonchev–Trinajstić information content (AvgIpc) is 3.05. The van der Waals surface area contributed by atoms with Crippen LogP contribution in [0.4, 0.5) is 22.1 Å². The van der Waals surface area contributed by atoms with Crippen molar-refractivity contribution in [2.24, 2.45) is 0 Å². The molecule has 0 radical (unpaired) electrons. The highest BCUT2D eigenvalue weighted by molar-refractivity contribution is 6.02. The summed E-state index contributed by atoms with van der Waals surface area (Å²) in [5.41, 5.74) is 3.69. The molecule has 1 aromatic carbocycles. The van der Waals surface area contributed by atoms with Gasteiger partial charge in [-0.15, -0.1) is 0 Å². The number of anilines is 3. The first-order valence-electron chi connectivity index (χ1n) is 10.7. The number of nitrogens with one attached hydrogen (secondary N) is 2. The molecule has 0 spiro atoms. The predicted molar refractivity (Wildman–Crippen MR) is 125 cm³/mol. The lowest BCUT2D eigenvalue weighted by atomic mass is 10.1. The van der Waals surface area contributed by atoms with Gasteiger partial charge < -0.3 is 20.3 Å². The number of nitrogens with zero attached hydrogens (tertiary/aromatic N) is 4. The summed E-state index contributed by atoms with van der Waals surface area (Å²) in [6, 6.07) is 11.6. The van der Waals surface area contributed by atoms with E-state index in [4.69, 9.17) is 14.8 Å². The summed E-state index contributed by atoms with van der Waals surface area (Å²) in [5, 5.41) is 24.3. The van der Waals surface area contributed by atoms with Crippen LogP contribution in [0.25, 0.3) is 11.3 Å². The van der Waals surface area contributed by atoms with Crippen molar-refractivity contribution < 1.29 is 19.7 Å². The fourth-order valence-corrected chi connectivity index (χ4v) is 3.39. The Labute approximate surface area is 191 Å². The number of urea groups is 1. The molecule has 1 atom stereocenters. The topological polar surface area (TPSA) is 133 Å². The SMILES string of the molecule is Cc1cccc(-c2ccc3c(n2)N(C(=O)Nc2cnc(OC[C@H](O)CO)cn2)CCCN3)c1. The lowest BCUT2D eigenvalue weighted by Gasteiger charge is -2.22. The number of ether oxygens (including phenoxy) is 1. The van der Waals surface area contributed by atoms with Gasteiger partial charge in [-0.1, -0.05) is 23.8 Å². The van der Waals surface area contributed by atoms with Gasteiger partial charge in [-0.3, -0.25) is 10.2 Å². The Kier molecular flexibility index (Phi) is 6.96. The molecule has 33 heavy (non-hydrogen) atoms. The standard InChI is InChI=1S/C23H26N6O4/c1-15-4-2-5-16(10-15)18-6-7-19-22(27-18)29(9-3-8-24-19)23(32)28-20-11-26-21(12-25-20)33-14-17(31)13-30/h2,4-7,10-12,17,24,30-31H,3,8-9,13-14H2,1H3,(H,25,28,32)/t17-/m1/s1. The van der Waals surface area contributed by atoms with Crippen molar-refractivity contribution in [2.45, 2.75) is 19.4 Å². The second-order valence-corrected chi connectivity index (χ2v) is 7.69. The maximum atomic E-state index is 13.1. The number of amides is 2. The van der Waals surface area contributed by atoms with Crippen molar-refractivity contribution in [2.75, 3.05) is 41.8 Å². The third kappa shape index (κ3) is 5.54. The zero-order chi connectivity index (χ0) is 23.2. The first kappa shape index (κ1) is 22.4. The second-order valence-electron chi connectivity index (χ2n) is 7.69. The largest absolute Gasteiger partial charge is 0.474 e. The molecule has 3 aromatic rings. The van der Waals surface area contributed by atoms with Gasteiger partial charge in [0.05, 0.1) is 30.4 Å². The van der Waals surface area contributed by atoms with E-state index in [0.717, 1.165) is 35.5 Å². The molecule has 0 saturated heterocycles. The Morgan fingerprint density at radius 1 is 1.27 bits per heavy atom. The lowest BCUT2D eigenvalue weighted by molar-refractivity contribution is 0.0520. The smallest absolute Gasteiger partial charge is 0.328 e. The molecule has 0 unspecified atom stereocenters. The minimum Gasteiger partial charge on any atom is -0.474 e. The quantitative estimate of drug-likeness (QED) is 0.450. The Morgan fingerprint density at radius 3 is 2.91 bits per heavy atom. The highest BCUT2D eigenvalue weighted by Gasteiger charge is 2.24. The summed E-state index contributed by atoms with van der Waals surface area (Å²) >= 11 is 0. The van der Waals surface area contributed by atoms with Crippen LogP contribution in [0.1, 0.15) is 12.0 Å². The molecule has 4 N–H and O–H groups in total. The number of aryl methyl sites for hydroxylation is 1. The second kappa shape index (κ2) is 10.2. The maximum absolute atomic E-state index is 13.1. The molecule has 0 fully saturated rings. The van der Waals surface area contributed by atoms with E-state index in [1.807, 2.05) is 37.3 Å².